The quantitative estimate of drug-likeness (QED) is 0.790. The molecule has 1 aliphatic carbocycles. The largest absolute Gasteiger partial charge is 0.466 e. The Hall–Kier alpha value is -1.78. The van der Waals surface area contributed by atoms with E-state index in [0.29, 0.717) is 25.9 Å². The van der Waals surface area contributed by atoms with Crippen LogP contribution in [-0.4, -0.2) is 17.6 Å². The lowest BCUT2D eigenvalue weighted by Crippen LogP contribution is -2.19. The number of hydrogen-bond acceptors (Lipinski definition) is 3. The Bertz CT molecular complexity index is 514. The fourth-order valence-electron chi connectivity index (χ4n) is 2.17. The van der Waals surface area contributed by atoms with Crippen molar-refractivity contribution in [3.05, 3.63) is 35.7 Å². The van der Waals surface area contributed by atoms with Crippen LogP contribution in [0, 0.1) is 17.6 Å². The summed E-state index contributed by atoms with van der Waals surface area (Å²) in [6, 6.07) is 0.820. The second-order valence-corrected chi connectivity index (χ2v) is 4.44. The Morgan fingerprint density at radius 3 is 2.89 bits per heavy atom. The molecule has 0 fully saturated rings. The molecular weight excluding hydrogens is 252 g/mol. The molecule has 0 amide bonds. The highest BCUT2D eigenvalue weighted by atomic mass is 19.1. The Morgan fingerprint density at radius 1 is 1.53 bits per heavy atom. The van der Waals surface area contributed by atoms with Gasteiger partial charge in [0, 0.05) is 6.07 Å². The number of ether oxygens (including phenoxy) is 1. The molecular formula is C14H15F2NO2. The summed E-state index contributed by atoms with van der Waals surface area (Å²) in [5.74, 6) is -1.75. The number of hydrogen-bond donors (Lipinski definition) is 0. The molecule has 0 bridgehead atoms. The van der Waals surface area contributed by atoms with Crippen molar-refractivity contribution >= 4 is 11.5 Å². The van der Waals surface area contributed by atoms with Gasteiger partial charge in [-0.25, -0.2) is 8.78 Å². The van der Waals surface area contributed by atoms with Gasteiger partial charge in [0.05, 0.1) is 18.7 Å². The Labute approximate surface area is 110 Å². The number of carbonyl (C=O) groups is 1. The van der Waals surface area contributed by atoms with Gasteiger partial charge < -0.3 is 4.74 Å². The molecule has 0 aromatic carbocycles. The van der Waals surface area contributed by atoms with Crippen molar-refractivity contribution in [2.75, 3.05) is 6.61 Å². The molecule has 1 aromatic rings. The highest BCUT2D eigenvalue weighted by Gasteiger charge is 2.24. The van der Waals surface area contributed by atoms with Crippen molar-refractivity contribution in [3.8, 4) is 0 Å². The van der Waals surface area contributed by atoms with Crippen LogP contribution >= 0.6 is 0 Å². The fraction of sp³-hybridized carbons (Fsp3) is 0.429. The van der Waals surface area contributed by atoms with E-state index in [4.69, 9.17) is 4.74 Å². The molecule has 1 aromatic heterocycles. The molecule has 1 atom stereocenters. The summed E-state index contributed by atoms with van der Waals surface area (Å²) in [6.07, 6.45) is 4.43. The van der Waals surface area contributed by atoms with Gasteiger partial charge in [0.25, 0.3) is 0 Å². The maximum atomic E-state index is 13.6. The van der Waals surface area contributed by atoms with Gasteiger partial charge in [0.1, 0.15) is 11.5 Å². The first-order chi connectivity index (χ1) is 9.11. The van der Waals surface area contributed by atoms with Gasteiger partial charge in [-0.2, -0.15) is 0 Å². The summed E-state index contributed by atoms with van der Waals surface area (Å²) < 4.78 is 31.3. The van der Waals surface area contributed by atoms with E-state index in [9.17, 15) is 13.6 Å². The van der Waals surface area contributed by atoms with Crippen LogP contribution in [0.1, 0.15) is 31.9 Å². The van der Waals surface area contributed by atoms with E-state index in [0.717, 1.165) is 17.8 Å². The van der Waals surface area contributed by atoms with Crippen LogP contribution in [0.4, 0.5) is 8.78 Å². The molecule has 1 aliphatic rings. The number of esters is 1. The Kier molecular flexibility index (Phi) is 4.24. The standard InChI is InChI=1S/C14H15F2NO2/c1-2-19-14(18)10-5-3-9(4-6-10)13-12(16)7-11(15)8-17-13/h3,7-8,10H,2,4-6H2,1H3. The Balaban J connectivity index is 2.10. The average Bonchev–Trinajstić information content (AvgIpc) is 2.39. The molecule has 0 spiro atoms. The molecule has 0 N–H and O–H groups in total. The van der Waals surface area contributed by atoms with Crippen molar-refractivity contribution < 1.29 is 18.3 Å². The maximum absolute atomic E-state index is 13.6. The normalized spacial score (nSPS) is 18.9. The van der Waals surface area contributed by atoms with Gasteiger partial charge in [0.2, 0.25) is 0 Å². The lowest BCUT2D eigenvalue weighted by Gasteiger charge is -2.20. The zero-order chi connectivity index (χ0) is 13.8. The van der Waals surface area contributed by atoms with E-state index in [1.807, 2.05) is 0 Å². The van der Waals surface area contributed by atoms with E-state index in [2.05, 4.69) is 4.98 Å². The van der Waals surface area contributed by atoms with Crippen molar-refractivity contribution in [3.63, 3.8) is 0 Å². The second kappa shape index (κ2) is 5.91. The molecule has 5 heteroatoms. The molecule has 0 aliphatic heterocycles. The summed E-state index contributed by atoms with van der Waals surface area (Å²) in [5, 5.41) is 0. The van der Waals surface area contributed by atoms with E-state index in [-0.39, 0.29) is 17.6 Å². The third-order valence-electron chi connectivity index (χ3n) is 3.14. The minimum Gasteiger partial charge on any atom is -0.466 e. The first kappa shape index (κ1) is 13.6. The lowest BCUT2D eigenvalue weighted by atomic mass is 9.88. The smallest absolute Gasteiger partial charge is 0.309 e. The highest BCUT2D eigenvalue weighted by Crippen LogP contribution is 2.31. The molecule has 1 heterocycles. The topological polar surface area (TPSA) is 39.2 Å². The van der Waals surface area contributed by atoms with Crippen LogP contribution in [0.15, 0.2) is 18.3 Å². The minimum absolute atomic E-state index is 0.170. The fourth-order valence-corrected chi connectivity index (χ4v) is 2.17. The maximum Gasteiger partial charge on any atom is 0.309 e. The summed E-state index contributed by atoms with van der Waals surface area (Å²) >= 11 is 0. The third-order valence-corrected chi connectivity index (χ3v) is 3.14. The molecule has 1 unspecified atom stereocenters. The predicted octanol–water partition coefficient (Wildman–Crippen LogP) is 3.11. The van der Waals surface area contributed by atoms with Crippen molar-refractivity contribution in [1.82, 2.24) is 4.98 Å². The highest BCUT2D eigenvalue weighted by molar-refractivity contribution is 5.75. The number of rotatable bonds is 3. The van der Waals surface area contributed by atoms with Crippen LogP contribution in [0.2, 0.25) is 0 Å². The monoisotopic (exact) mass is 267 g/mol. The van der Waals surface area contributed by atoms with Gasteiger partial charge in [-0.1, -0.05) is 6.08 Å². The van der Waals surface area contributed by atoms with Crippen molar-refractivity contribution in [1.29, 1.82) is 0 Å². The van der Waals surface area contributed by atoms with Gasteiger partial charge >= 0.3 is 5.97 Å². The summed E-state index contributed by atoms with van der Waals surface area (Å²) in [4.78, 5) is 15.3. The zero-order valence-corrected chi connectivity index (χ0v) is 10.7. The van der Waals surface area contributed by atoms with E-state index in [1.165, 1.54) is 0 Å². The lowest BCUT2D eigenvalue weighted by molar-refractivity contribution is -0.148. The number of pyridine rings is 1. The van der Waals surface area contributed by atoms with E-state index < -0.39 is 11.6 Å². The van der Waals surface area contributed by atoms with Gasteiger partial charge in [0.15, 0.2) is 5.82 Å². The zero-order valence-electron chi connectivity index (χ0n) is 10.7. The number of halogens is 2. The first-order valence-corrected chi connectivity index (χ1v) is 6.29. The molecule has 0 radical (unpaired) electrons. The van der Waals surface area contributed by atoms with Crippen LogP contribution in [0.5, 0.6) is 0 Å². The number of aromatic nitrogens is 1. The first-order valence-electron chi connectivity index (χ1n) is 6.29. The van der Waals surface area contributed by atoms with Crippen LogP contribution in [-0.2, 0) is 9.53 Å². The average molecular weight is 267 g/mol. The number of carbonyl (C=O) groups excluding carboxylic acids is 1. The molecule has 0 saturated heterocycles. The molecule has 2 rings (SSSR count). The Morgan fingerprint density at radius 2 is 2.32 bits per heavy atom. The van der Waals surface area contributed by atoms with Crippen LogP contribution in [0.3, 0.4) is 0 Å². The minimum atomic E-state index is -0.693. The third kappa shape index (κ3) is 3.16. The van der Waals surface area contributed by atoms with Crippen molar-refractivity contribution in [2.45, 2.75) is 26.2 Å². The summed E-state index contributed by atoms with van der Waals surface area (Å²) in [7, 11) is 0. The van der Waals surface area contributed by atoms with E-state index in [1.54, 1.807) is 13.0 Å². The van der Waals surface area contributed by atoms with Crippen molar-refractivity contribution in [2.24, 2.45) is 5.92 Å². The van der Waals surface area contributed by atoms with Gasteiger partial charge in [-0.15, -0.1) is 0 Å². The van der Waals surface area contributed by atoms with Gasteiger partial charge in [-0.05, 0) is 31.8 Å². The van der Waals surface area contributed by atoms with Gasteiger partial charge in [-0.3, -0.25) is 9.78 Å². The second-order valence-electron chi connectivity index (χ2n) is 4.44. The molecule has 0 saturated carbocycles. The molecule has 3 nitrogen and oxygen atoms in total. The summed E-state index contributed by atoms with van der Waals surface area (Å²) in [5.41, 5.74) is 0.891. The SMILES string of the molecule is CCOC(=O)C1CC=C(c2ncc(F)cc2F)CC1. The molecule has 102 valence electrons. The number of nitrogens with zero attached hydrogens (tertiary/aromatic N) is 1. The van der Waals surface area contributed by atoms with Crippen LogP contribution in [0.25, 0.3) is 5.57 Å². The predicted molar refractivity (Wildman–Crippen MR) is 66.1 cm³/mol. The number of allylic oxidation sites excluding steroid dienone is 2. The van der Waals surface area contributed by atoms with Crippen LogP contribution < -0.4 is 0 Å². The molecule has 19 heavy (non-hydrogen) atoms. The van der Waals surface area contributed by atoms with E-state index >= 15 is 0 Å². The summed E-state index contributed by atoms with van der Waals surface area (Å²) in [6.45, 7) is 2.12.